The molecule has 1 fully saturated rings. The van der Waals surface area contributed by atoms with Crippen LogP contribution < -0.4 is 5.73 Å². The Bertz CT molecular complexity index is 402. The highest BCUT2D eigenvalue weighted by Crippen LogP contribution is 2.35. The second kappa shape index (κ2) is 6.96. The van der Waals surface area contributed by atoms with Crippen molar-refractivity contribution in [2.75, 3.05) is 13.7 Å². The van der Waals surface area contributed by atoms with Crippen LogP contribution in [0.3, 0.4) is 0 Å². The third-order valence-electron chi connectivity index (χ3n) is 3.91. The van der Waals surface area contributed by atoms with Crippen molar-refractivity contribution in [1.82, 2.24) is 9.97 Å². The van der Waals surface area contributed by atoms with Crippen LogP contribution in [0.2, 0.25) is 0 Å². The lowest BCUT2D eigenvalue weighted by Crippen LogP contribution is -2.21. The molecular formula is C15H25N3O. The lowest BCUT2D eigenvalue weighted by atomic mass is 9.85. The van der Waals surface area contributed by atoms with Crippen molar-refractivity contribution in [3.63, 3.8) is 0 Å². The molecule has 1 aliphatic rings. The van der Waals surface area contributed by atoms with Crippen molar-refractivity contribution in [1.29, 1.82) is 0 Å². The first-order chi connectivity index (χ1) is 9.24. The minimum Gasteiger partial charge on any atom is -0.373 e. The summed E-state index contributed by atoms with van der Waals surface area (Å²) in [5, 5.41) is 0. The number of aryl methyl sites for hydroxylation is 1. The summed E-state index contributed by atoms with van der Waals surface area (Å²) in [6, 6.07) is 2.02. The summed E-state index contributed by atoms with van der Waals surface area (Å²) < 4.78 is 5.71. The molecule has 1 atom stereocenters. The SMILES string of the molecule is COC(c1nc(C)cc(CCN)n1)C1CCCCC1. The maximum absolute atomic E-state index is 5.71. The predicted octanol–water partition coefficient (Wildman–Crippen LogP) is 2.55. The van der Waals surface area contributed by atoms with Gasteiger partial charge in [0.15, 0.2) is 5.82 Å². The number of methoxy groups -OCH3 is 1. The van der Waals surface area contributed by atoms with Crippen LogP contribution in [-0.4, -0.2) is 23.6 Å². The van der Waals surface area contributed by atoms with Gasteiger partial charge in [0.1, 0.15) is 6.10 Å². The maximum Gasteiger partial charge on any atom is 0.157 e. The van der Waals surface area contributed by atoms with Gasteiger partial charge >= 0.3 is 0 Å². The van der Waals surface area contributed by atoms with E-state index >= 15 is 0 Å². The van der Waals surface area contributed by atoms with Gasteiger partial charge in [0.25, 0.3) is 0 Å². The Kier molecular flexibility index (Phi) is 5.28. The van der Waals surface area contributed by atoms with Gasteiger partial charge in [-0.15, -0.1) is 0 Å². The zero-order valence-corrected chi connectivity index (χ0v) is 12.1. The monoisotopic (exact) mass is 263 g/mol. The van der Waals surface area contributed by atoms with E-state index in [1.807, 2.05) is 13.0 Å². The molecule has 106 valence electrons. The lowest BCUT2D eigenvalue weighted by molar-refractivity contribution is 0.0286. The molecule has 1 heterocycles. The Hall–Kier alpha value is -1.00. The summed E-state index contributed by atoms with van der Waals surface area (Å²) in [7, 11) is 1.77. The van der Waals surface area contributed by atoms with Crippen molar-refractivity contribution >= 4 is 0 Å². The Balaban J connectivity index is 2.21. The fraction of sp³-hybridized carbons (Fsp3) is 0.733. The van der Waals surface area contributed by atoms with E-state index in [1.165, 1.54) is 32.1 Å². The van der Waals surface area contributed by atoms with Crippen LogP contribution in [0.15, 0.2) is 6.07 Å². The molecule has 2 rings (SSSR count). The molecular weight excluding hydrogens is 238 g/mol. The summed E-state index contributed by atoms with van der Waals surface area (Å²) in [6.07, 6.45) is 7.23. The quantitative estimate of drug-likeness (QED) is 0.887. The standard InChI is InChI=1S/C15H25N3O/c1-11-10-13(8-9-16)18-15(17-11)14(19-2)12-6-4-3-5-7-12/h10,12,14H,3-9,16H2,1-2H3. The van der Waals surface area contributed by atoms with Crippen LogP contribution in [0.4, 0.5) is 0 Å². The summed E-state index contributed by atoms with van der Waals surface area (Å²) in [6.45, 7) is 2.63. The molecule has 0 saturated heterocycles. The van der Waals surface area contributed by atoms with Crippen LogP contribution in [0.25, 0.3) is 0 Å². The second-order valence-electron chi connectivity index (χ2n) is 5.45. The summed E-state index contributed by atoms with van der Waals surface area (Å²) in [5.41, 5.74) is 7.66. The van der Waals surface area contributed by atoms with Crippen molar-refractivity contribution in [3.8, 4) is 0 Å². The Morgan fingerprint density at radius 2 is 2.05 bits per heavy atom. The Morgan fingerprint density at radius 3 is 2.68 bits per heavy atom. The molecule has 0 amide bonds. The van der Waals surface area contributed by atoms with Gasteiger partial charge < -0.3 is 10.5 Å². The smallest absolute Gasteiger partial charge is 0.157 e. The molecule has 0 aromatic carbocycles. The number of hydrogen-bond donors (Lipinski definition) is 1. The third-order valence-corrected chi connectivity index (χ3v) is 3.91. The molecule has 1 aliphatic carbocycles. The van der Waals surface area contributed by atoms with Gasteiger partial charge in [0.05, 0.1) is 0 Å². The second-order valence-corrected chi connectivity index (χ2v) is 5.45. The highest BCUT2D eigenvalue weighted by atomic mass is 16.5. The summed E-state index contributed by atoms with van der Waals surface area (Å²) in [4.78, 5) is 9.24. The number of aromatic nitrogens is 2. The molecule has 1 aromatic heterocycles. The zero-order valence-electron chi connectivity index (χ0n) is 12.1. The van der Waals surface area contributed by atoms with Gasteiger partial charge in [0, 0.05) is 24.9 Å². The van der Waals surface area contributed by atoms with Crippen molar-refractivity contribution in [2.45, 2.75) is 51.6 Å². The lowest BCUT2D eigenvalue weighted by Gasteiger charge is -2.28. The molecule has 1 saturated carbocycles. The van der Waals surface area contributed by atoms with E-state index in [1.54, 1.807) is 7.11 Å². The largest absolute Gasteiger partial charge is 0.373 e. The average Bonchev–Trinajstić information content (AvgIpc) is 2.40. The number of hydrogen-bond acceptors (Lipinski definition) is 4. The van der Waals surface area contributed by atoms with Crippen molar-refractivity contribution in [3.05, 3.63) is 23.3 Å². The molecule has 19 heavy (non-hydrogen) atoms. The molecule has 4 nitrogen and oxygen atoms in total. The highest BCUT2D eigenvalue weighted by Gasteiger charge is 2.27. The normalized spacial score (nSPS) is 18.5. The highest BCUT2D eigenvalue weighted by molar-refractivity contribution is 5.12. The fourth-order valence-electron chi connectivity index (χ4n) is 3.01. The van der Waals surface area contributed by atoms with E-state index < -0.39 is 0 Å². The summed E-state index contributed by atoms with van der Waals surface area (Å²) in [5.74, 6) is 1.41. The molecule has 2 N–H and O–H groups in total. The van der Waals surface area contributed by atoms with Gasteiger partial charge in [-0.05, 0) is 38.3 Å². The molecule has 1 unspecified atom stereocenters. The first-order valence-corrected chi connectivity index (χ1v) is 7.32. The minimum absolute atomic E-state index is 0.0386. The fourth-order valence-corrected chi connectivity index (χ4v) is 3.01. The summed E-state index contributed by atoms with van der Waals surface area (Å²) >= 11 is 0. The topological polar surface area (TPSA) is 61.0 Å². The molecule has 1 aromatic rings. The van der Waals surface area contributed by atoms with Crippen molar-refractivity contribution < 1.29 is 4.74 Å². The number of ether oxygens (including phenoxy) is 1. The van der Waals surface area contributed by atoms with E-state index in [9.17, 15) is 0 Å². The van der Waals surface area contributed by atoms with Crippen LogP contribution >= 0.6 is 0 Å². The van der Waals surface area contributed by atoms with E-state index in [-0.39, 0.29) is 6.10 Å². The average molecular weight is 263 g/mol. The first-order valence-electron chi connectivity index (χ1n) is 7.32. The van der Waals surface area contributed by atoms with Gasteiger partial charge in [-0.3, -0.25) is 0 Å². The van der Waals surface area contributed by atoms with Gasteiger partial charge in [0.2, 0.25) is 0 Å². The van der Waals surface area contributed by atoms with E-state index in [4.69, 9.17) is 10.5 Å². The molecule has 0 spiro atoms. The molecule has 0 bridgehead atoms. The number of rotatable bonds is 5. The van der Waals surface area contributed by atoms with Gasteiger partial charge in [-0.25, -0.2) is 9.97 Å². The van der Waals surface area contributed by atoms with Crippen LogP contribution in [0.5, 0.6) is 0 Å². The molecule has 0 aliphatic heterocycles. The van der Waals surface area contributed by atoms with Crippen molar-refractivity contribution in [2.24, 2.45) is 11.7 Å². The van der Waals surface area contributed by atoms with Crippen LogP contribution in [0.1, 0.15) is 55.4 Å². The Morgan fingerprint density at radius 1 is 1.32 bits per heavy atom. The van der Waals surface area contributed by atoms with Crippen LogP contribution in [0, 0.1) is 12.8 Å². The number of nitrogens with two attached hydrogens (primary N) is 1. The minimum atomic E-state index is 0.0386. The number of nitrogens with zero attached hydrogens (tertiary/aromatic N) is 2. The molecule has 4 heteroatoms. The Labute approximate surface area is 115 Å². The predicted molar refractivity (Wildman–Crippen MR) is 75.9 cm³/mol. The van der Waals surface area contributed by atoms with E-state index in [0.29, 0.717) is 12.5 Å². The van der Waals surface area contributed by atoms with Crippen LogP contribution in [-0.2, 0) is 11.2 Å². The maximum atomic E-state index is 5.71. The molecule has 0 radical (unpaired) electrons. The third kappa shape index (κ3) is 3.74. The van der Waals surface area contributed by atoms with Gasteiger partial charge in [-0.2, -0.15) is 0 Å². The van der Waals surface area contributed by atoms with Gasteiger partial charge in [-0.1, -0.05) is 19.3 Å². The zero-order chi connectivity index (χ0) is 13.7. The van der Waals surface area contributed by atoms with E-state index in [2.05, 4.69) is 9.97 Å². The van der Waals surface area contributed by atoms with E-state index in [0.717, 1.165) is 23.6 Å². The first kappa shape index (κ1) is 14.4.